The van der Waals surface area contributed by atoms with Crippen LogP contribution >= 0.6 is 11.3 Å². The van der Waals surface area contributed by atoms with Crippen molar-refractivity contribution in [1.82, 2.24) is 10.2 Å². The number of para-hydroxylation sites is 1. The number of carbonyl (C=O) groups excluding carboxylic acids is 3. The van der Waals surface area contributed by atoms with E-state index in [0.29, 0.717) is 42.6 Å². The maximum absolute atomic E-state index is 12.7. The van der Waals surface area contributed by atoms with Crippen LogP contribution in [-0.2, 0) is 20.7 Å². The summed E-state index contributed by atoms with van der Waals surface area (Å²) in [4.78, 5) is 39.2. The summed E-state index contributed by atoms with van der Waals surface area (Å²) in [5.74, 6) is -1.05. The molecule has 176 valence electrons. The molecule has 1 atom stereocenters. The number of nitrogens with zero attached hydrogens (tertiary/aromatic N) is 3. The summed E-state index contributed by atoms with van der Waals surface area (Å²) in [5, 5.41) is 14.8. The molecule has 1 aliphatic heterocycles. The quantitative estimate of drug-likeness (QED) is 0.455. The van der Waals surface area contributed by atoms with Crippen LogP contribution in [0.5, 0.6) is 0 Å². The third-order valence-electron chi connectivity index (χ3n) is 5.33. The third-order valence-corrected chi connectivity index (χ3v) is 6.23. The van der Waals surface area contributed by atoms with Crippen molar-refractivity contribution in [2.24, 2.45) is 5.92 Å². The van der Waals surface area contributed by atoms with E-state index in [4.69, 9.17) is 4.74 Å². The highest BCUT2D eigenvalue weighted by Crippen LogP contribution is 2.26. The van der Waals surface area contributed by atoms with Crippen LogP contribution in [0.2, 0.25) is 0 Å². The number of hydrogen-bond acceptors (Lipinski definition) is 7. The Balaban J connectivity index is 1.30. The van der Waals surface area contributed by atoms with Gasteiger partial charge in [0.1, 0.15) is 5.01 Å². The topological polar surface area (TPSA) is 114 Å². The Labute approximate surface area is 201 Å². The minimum Gasteiger partial charge on any atom is -0.381 e. The molecule has 9 nitrogen and oxygen atoms in total. The molecule has 0 saturated carbocycles. The summed E-state index contributed by atoms with van der Waals surface area (Å²) in [6, 6.07) is 15.9. The minimum absolute atomic E-state index is 0.0731. The van der Waals surface area contributed by atoms with Gasteiger partial charge in [0, 0.05) is 42.9 Å². The molecule has 10 heteroatoms. The van der Waals surface area contributed by atoms with Crippen molar-refractivity contribution in [1.29, 1.82) is 0 Å². The first-order chi connectivity index (χ1) is 16.5. The molecule has 34 heavy (non-hydrogen) atoms. The van der Waals surface area contributed by atoms with E-state index in [-0.39, 0.29) is 24.1 Å². The molecule has 0 spiro atoms. The number of benzene rings is 2. The largest absolute Gasteiger partial charge is 0.381 e. The maximum atomic E-state index is 12.7. The average Bonchev–Trinajstić information content (AvgIpc) is 3.46. The van der Waals surface area contributed by atoms with Crippen LogP contribution in [0.4, 0.5) is 16.5 Å². The predicted molar refractivity (Wildman–Crippen MR) is 130 cm³/mol. The Kier molecular flexibility index (Phi) is 7.61. The van der Waals surface area contributed by atoms with Gasteiger partial charge >= 0.3 is 0 Å². The van der Waals surface area contributed by atoms with E-state index < -0.39 is 5.92 Å². The number of aromatic nitrogens is 2. The summed E-state index contributed by atoms with van der Waals surface area (Å²) in [6.45, 7) is 3.47. The second-order valence-corrected chi connectivity index (χ2v) is 8.77. The van der Waals surface area contributed by atoms with Crippen molar-refractivity contribution >= 4 is 45.6 Å². The summed E-state index contributed by atoms with van der Waals surface area (Å²) >= 11 is 1.31. The molecule has 1 aliphatic rings. The molecule has 3 aromatic rings. The molecule has 4 rings (SSSR count). The van der Waals surface area contributed by atoms with E-state index in [1.807, 2.05) is 37.3 Å². The van der Waals surface area contributed by atoms with E-state index in [2.05, 4.69) is 20.8 Å². The number of anilines is 3. The van der Waals surface area contributed by atoms with E-state index in [9.17, 15) is 14.4 Å². The van der Waals surface area contributed by atoms with E-state index in [1.54, 1.807) is 29.2 Å². The van der Waals surface area contributed by atoms with Gasteiger partial charge in [0.2, 0.25) is 16.9 Å². The Morgan fingerprint density at radius 3 is 2.59 bits per heavy atom. The second kappa shape index (κ2) is 11.0. The van der Waals surface area contributed by atoms with Gasteiger partial charge < -0.3 is 15.0 Å². The number of carbonyl (C=O) groups is 3. The van der Waals surface area contributed by atoms with Gasteiger partial charge in [0.05, 0.1) is 12.5 Å². The first kappa shape index (κ1) is 23.5. The third kappa shape index (κ3) is 5.83. The van der Waals surface area contributed by atoms with Gasteiger partial charge in [-0.2, -0.15) is 0 Å². The zero-order valence-electron chi connectivity index (χ0n) is 18.7. The fourth-order valence-electron chi connectivity index (χ4n) is 3.57. The van der Waals surface area contributed by atoms with Crippen molar-refractivity contribution in [3.8, 4) is 0 Å². The molecule has 1 aromatic heterocycles. The van der Waals surface area contributed by atoms with Crippen LogP contribution in [0.3, 0.4) is 0 Å². The molecule has 1 unspecified atom stereocenters. The Morgan fingerprint density at radius 2 is 1.85 bits per heavy atom. The Hall–Kier alpha value is -3.63. The second-order valence-electron chi connectivity index (χ2n) is 7.71. The standard InChI is InChI=1S/C24H25N5O4S/c1-2-33-13-12-20-27-28-24(34-20)26-22(31)16-8-10-18(11-9-16)25-23(32)17-14-21(30)29(15-17)19-6-4-3-5-7-19/h3-11,17H,2,12-15H2,1H3,(H,25,32)(H,26,28,31). The summed E-state index contributed by atoms with van der Waals surface area (Å²) in [7, 11) is 0. The number of hydrogen-bond donors (Lipinski definition) is 2. The highest BCUT2D eigenvalue weighted by Gasteiger charge is 2.35. The number of ether oxygens (including phenoxy) is 1. The average molecular weight is 480 g/mol. The number of rotatable bonds is 9. The Morgan fingerprint density at radius 1 is 1.09 bits per heavy atom. The lowest BCUT2D eigenvalue weighted by Crippen LogP contribution is -2.28. The van der Waals surface area contributed by atoms with Crippen LogP contribution in [0.1, 0.15) is 28.7 Å². The normalized spacial score (nSPS) is 15.4. The maximum Gasteiger partial charge on any atom is 0.257 e. The number of nitrogens with one attached hydrogen (secondary N) is 2. The van der Waals surface area contributed by atoms with Crippen molar-refractivity contribution in [2.75, 3.05) is 35.3 Å². The van der Waals surface area contributed by atoms with Crippen LogP contribution in [0.15, 0.2) is 54.6 Å². The lowest BCUT2D eigenvalue weighted by molar-refractivity contribution is -0.122. The van der Waals surface area contributed by atoms with Crippen molar-refractivity contribution in [2.45, 2.75) is 19.8 Å². The zero-order valence-corrected chi connectivity index (χ0v) is 19.5. The van der Waals surface area contributed by atoms with Gasteiger partial charge in [-0.25, -0.2) is 0 Å². The van der Waals surface area contributed by atoms with Gasteiger partial charge in [-0.05, 0) is 43.3 Å². The van der Waals surface area contributed by atoms with Crippen molar-refractivity contribution in [3.63, 3.8) is 0 Å². The lowest BCUT2D eigenvalue weighted by atomic mass is 10.1. The summed E-state index contributed by atoms with van der Waals surface area (Å²) in [6.07, 6.45) is 0.807. The lowest BCUT2D eigenvalue weighted by Gasteiger charge is -2.16. The molecule has 3 amide bonds. The first-order valence-electron chi connectivity index (χ1n) is 11.0. The van der Waals surface area contributed by atoms with Crippen LogP contribution in [-0.4, -0.2) is 47.7 Å². The van der Waals surface area contributed by atoms with Crippen LogP contribution < -0.4 is 15.5 Å². The molecule has 2 heterocycles. The Bertz CT molecular complexity index is 1150. The molecule has 0 radical (unpaired) electrons. The molecular weight excluding hydrogens is 454 g/mol. The molecular formula is C24H25N5O4S. The summed E-state index contributed by atoms with van der Waals surface area (Å²) < 4.78 is 5.30. The fraction of sp³-hybridized carbons (Fsp3) is 0.292. The van der Waals surface area contributed by atoms with Crippen LogP contribution in [0.25, 0.3) is 0 Å². The van der Waals surface area contributed by atoms with Gasteiger partial charge in [-0.15, -0.1) is 10.2 Å². The molecule has 0 aliphatic carbocycles. The van der Waals surface area contributed by atoms with E-state index in [1.165, 1.54) is 11.3 Å². The predicted octanol–water partition coefficient (Wildman–Crippen LogP) is 3.36. The highest BCUT2D eigenvalue weighted by atomic mass is 32.1. The van der Waals surface area contributed by atoms with Crippen molar-refractivity contribution in [3.05, 3.63) is 65.2 Å². The monoisotopic (exact) mass is 479 g/mol. The molecule has 0 bridgehead atoms. The van der Waals surface area contributed by atoms with Gasteiger partial charge in [-0.3, -0.25) is 19.7 Å². The van der Waals surface area contributed by atoms with Gasteiger partial charge in [0.25, 0.3) is 5.91 Å². The SMILES string of the molecule is CCOCCc1nnc(NC(=O)c2ccc(NC(=O)C3CC(=O)N(c4ccccc4)C3)cc2)s1. The molecule has 1 saturated heterocycles. The highest BCUT2D eigenvalue weighted by molar-refractivity contribution is 7.15. The van der Waals surface area contributed by atoms with Gasteiger partial charge in [-0.1, -0.05) is 29.5 Å². The molecule has 1 fully saturated rings. The molecule has 2 aromatic carbocycles. The van der Waals surface area contributed by atoms with E-state index >= 15 is 0 Å². The smallest absolute Gasteiger partial charge is 0.257 e. The first-order valence-corrected chi connectivity index (χ1v) is 11.8. The van der Waals surface area contributed by atoms with Gasteiger partial charge in [0.15, 0.2) is 0 Å². The van der Waals surface area contributed by atoms with Crippen molar-refractivity contribution < 1.29 is 19.1 Å². The minimum atomic E-state index is -0.440. The van der Waals surface area contributed by atoms with Crippen LogP contribution in [0, 0.1) is 5.92 Å². The summed E-state index contributed by atoms with van der Waals surface area (Å²) in [5.41, 5.74) is 1.77. The molecule has 2 N–H and O–H groups in total. The zero-order chi connectivity index (χ0) is 23.9. The fourth-order valence-corrected chi connectivity index (χ4v) is 4.28. The number of amides is 3. The van der Waals surface area contributed by atoms with E-state index in [0.717, 1.165) is 10.7 Å².